The van der Waals surface area contributed by atoms with Gasteiger partial charge in [0.1, 0.15) is 5.82 Å². The molecular weight excluding hydrogens is 290 g/mol. The van der Waals surface area contributed by atoms with Gasteiger partial charge in [0.2, 0.25) is 5.91 Å². The normalized spacial score (nSPS) is 22.6. The molecule has 23 heavy (non-hydrogen) atoms. The number of imidazole rings is 1. The lowest BCUT2D eigenvalue weighted by Crippen LogP contribution is -2.35. The number of nitrogens with one attached hydrogen (secondary N) is 2. The molecule has 0 aliphatic carbocycles. The SMILES string of the molecule is CC(C)C[C@H](NC(=O)[C@H]1CO[C@H](C)C1)c1nc2ccccc2[nH]1. The van der Waals surface area contributed by atoms with E-state index in [-0.39, 0.29) is 24.0 Å². The molecule has 0 unspecified atom stereocenters. The molecule has 2 heterocycles. The van der Waals surface area contributed by atoms with Crippen LogP contribution in [0, 0.1) is 11.8 Å². The van der Waals surface area contributed by atoms with Crippen LogP contribution in [0.15, 0.2) is 24.3 Å². The zero-order valence-corrected chi connectivity index (χ0v) is 14.0. The molecule has 0 saturated carbocycles. The second-order valence-electron chi connectivity index (χ2n) is 6.91. The third-order valence-electron chi connectivity index (χ3n) is 4.33. The van der Waals surface area contributed by atoms with Gasteiger partial charge in [-0.2, -0.15) is 0 Å². The predicted molar refractivity (Wildman–Crippen MR) is 90.0 cm³/mol. The van der Waals surface area contributed by atoms with Crippen LogP contribution in [0.25, 0.3) is 11.0 Å². The van der Waals surface area contributed by atoms with Gasteiger partial charge in [0.25, 0.3) is 0 Å². The number of aromatic nitrogens is 2. The molecular formula is C18H25N3O2. The average molecular weight is 315 g/mol. The summed E-state index contributed by atoms with van der Waals surface area (Å²) >= 11 is 0. The van der Waals surface area contributed by atoms with Gasteiger partial charge in [-0.25, -0.2) is 4.98 Å². The smallest absolute Gasteiger partial charge is 0.226 e. The molecule has 0 spiro atoms. The molecule has 5 heteroatoms. The van der Waals surface area contributed by atoms with Gasteiger partial charge < -0.3 is 15.0 Å². The topological polar surface area (TPSA) is 67.0 Å². The predicted octanol–water partition coefficient (Wildman–Crippen LogP) is 3.19. The molecule has 1 fully saturated rings. The van der Waals surface area contributed by atoms with Crippen LogP contribution in [0.2, 0.25) is 0 Å². The van der Waals surface area contributed by atoms with Gasteiger partial charge in [0, 0.05) is 0 Å². The number of carbonyl (C=O) groups is 1. The highest BCUT2D eigenvalue weighted by atomic mass is 16.5. The van der Waals surface area contributed by atoms with Gasteiger partial charge in [0.15, 0.2) is 0 Å². The van der Waals surface area contributed by atoms with E-state index in [1.165, 1.54) is 0 Å². The summed E-state index contributed by atoms with van der Waals surface area (Å²) in [6.07, 6.45) is 1.82. The van der Waals surface area contributed by atoms with Crippen molar-refractivity contribution in [2.75, 3.05) is 6.61 Å². The molecule has 3 rings (SSSR count). The van der Waals surface area contributed by atoms with Crippen molar-refractivity contribution in [1.82, 2.24) is 15.3 Å². The Morgan fingerprint density at radius 2 is 2.22 bits per heavy atom. The lowest BCUT2D eigenvalue weighted by molar-refractivity contribution is -0.125. The maximum absolute atomic E-state index is 12.5. The van der Waals surface area contributed by atoms with Crippen molar-refractivity contribution >= 4 is 16.9 Å². The Morgan fingerprint density at radius 3 is 2.87 bits per heavy atom. The molecule has 5 nitrogen and oxygen atoms in total. The highest BCUT2D eigenvalue weighted by molar-refractivity contribution is 5.80. The summed E-state index contributed by atoms with van der Waals surface area (Å²) in [6, 6.07) is 7.85. The Kier molecular flexibility index (Phi) is 4.66. The number of amides is 1. The second-order valence-corrected chi connectivity index (χ2v) is 6.91. The average Bonchev–Trinajstić information content (AvgIpc) is 3.11. The summed E-state index contributed by atoms with van der Waals surface area (Å²) in [5, 5.41) is 3.18. The van der Waals surface area contributed by atoms with Crippen LogP contribution < -0.4 is 5.32 Å². The maximum atomic E-state index is 12.5. The first-order chi connectivity index (χ1) is 11.0. The molecule has 0 bridgehead atoms. The van der Waals surface area contributed by atoms with Crippen molar-refractivity contribution in [3.05, 3.63) is 30.1 Å². The van der Waals surface area contributed by atoms with Crippen molar-refractivity contribution < 1.29 is 9.53 Å². The van der Waals surface area contributed by atoms with E-state index in [2.05, 4.69) is 29.1 Å². The van der Waals surface area contributed by atoms with Gasteiger partial charge >= 0.3 is 0 Å². The number of benzene rings is 1. The highest BCUT2D eigenvalue weighted by Gasteiger charge is 2.30. The van der Waals surface area contributed by atoms with Crippen LogP contribution in [-0.2, 0) is 9.53 Å². The van der Waals surface area contributed by atoms with E-state index in [0.29, 0.717) is 12.5 Å². The van der Waals surface area contributed by atoms with Crippen molar-refractivity contribution in [3.8, 4) is 0 Å². The Balaban J connectivity index is 1.78. The van der Waals surface area contributed by atoms with E-state index in [1.807, 2.05) is 31.2 Å². The zero-order valence-electron chi connectivity index (χ0n) is 14.0. The quantitative estimate of drug-likeness (QED) is 0.890. The summed E-state index contributed by atoms with van der Waals surface area (Å²) in [4.78, 5) is 20.5. The van der Waals surface area contributed by atoms with Gasteiger partial charge in [-0.15, -0.1) is 0 Å². The first-order valence-corrected chi connectivity index (χ1v) is 8.39. The third-order valence-corrected chi connectivity index (χ3v) is 4.33. The van der Waals surface area contributed by atoms with Gasteiger partial charge in [-0.3, -0.25) is 4.79 Å². The van der Waals surface area contributed by atoms with Crippen LogP contribution in [0.4, 0.5) is 0 Å². The number of para-hydroxylation sites is 2. The fourth-order valence-electron chi connectivity index (χ4n) is 3.14. The van der Waals surface area contributed by atoms with Gasteiger partial charge in [0.05, 0.1) is 35.7 Å². The number of fused-ring (bicyclic) bond motifs is 1. The minimum absolute atomic E-state index is 0.0518. The number of aromatic amines is 1. The molecule has 3 atom stereocenters. The molecule has 124 valence electrons. The Labute approximate surface area is 136 Å². The number of rotatable bonds is 5. The van der Waals surface area contributed by atoms with Crippen LogP contribution in [0.3, 0.4) is 0 Å². The van der Waals surface area contributed by atoms with Crippen LogP contribution in [0.5, 0.6) is 0 Å². The standard InChI is InChI=1S/C18H25N3O2/c1-11(2)8-16(21-18(22)13-9-12(3)23-10-13)17-19-14-6-4-5-7-15(14)20-17/h4-7,11-13,16H,8-10H2,1-3H3,(H,19,20)(H,21,22)/t12-,13-,16+/m1/s1. The largest absolute Gasteiger partial charge is 0.378 e. The summed E-state index contributed by atoms with van der Waals surface area (Å²) in [5.41, 5.74) is 1.94. The van der Waals surface area contributed by atoms with Crippen molar-refractivity contribution in [2.24, 2.45) is 11.8 Å². The first kappa shape index (κ1) is 16.0. The number of carbonyl (C=O) groups excluding carboxylic acids is 1. The van der Waals surface area contributed by atoms with Crippen molar-refractivity contribution in [3.63, 3.8) is 0 Å². The maximum Gasteiger partial charge on any atom is 0.226 e. The number of hydrogen-bond acceptors (Lipinski definition) is 3. The molecule has 2 aromatic rings. The summed E-state index contributed by atoms with van der Waals surface area (Å²) < 4.78 is 5.52. The fourth-order valence-corrected chi connectivity index (χ4v) is 3.14. The Hall–Kier alpha value is -1.88. The molecule has 1 aliphatic heterocycles. The number of H-pyrrole nitrogens is 1. The van der Waals surface area contributed by atoms with E-state index >= 15 is 0 Å². The third kappa shape index (κ3) is 3.72. The van der Waals surface area contributed by atoms with E-state index in [4.69, 9.17) is 4.74 Å². The Morgan fingerprint density at radius 1 is 1.43 bits per heavy atom. The van der Waals surface area contributed by atoms with Crippen molar-refractivity contribution in [1.29, 1.82) is 0 Å². The minimum Gasteiger partial charge on any atom is -0.378 e. The lowest BCUT2D eigenvalue weighted by atomic mass is 10.0. The van der Waals surface area contributed by atoms with Crippen LogP contribution in [-0.4, -0.2) is 28.6 Å². The molecule has 0 radical (unpaired) electrons. The van der Waals surface area contributed by atoms with Crippen LogP contribution >= 0.6 is 0 Å². The monoisotopic (exact) mass is 315 g/mol. The molecule has 2 N–H and O–H groups in total. The number of ether oxygens (including phenoxy) is 1. The Bertz CT molecular complexity index is 647. The summed E-state index contributed by atoms with van der Waals surface area (Å²) in [5.74, 6) is 1.32. The molecule has 1 amide bonds. The molecule has 1 aliphatic rings. The summed E-state index contributed by atoms with van der Waals surface area (Å²) in [7, 11) is 0. The van der Waals surface area contributed by atoms with E-state index in [1.54, 1.807) is 0 Å². The zero-order chi connectivity index (χ0) is 16.4. The minimum atomic E-state index is -0.0918. The van der Waals surface area contributed by atoms with E-state index < -0.39 is 0 Å². The number of nitrogens with zero attached hydrogens (tertiary/aromatic N) is 1. The number of hydrogen-bond donors (Lipinski definition) is 2. The van der Waals surface area contributed by atoms with Gasteiger partial charge in [-0.1, -0.05) is 26.0 Å². The molecule has 1 aromatic carbocycles. The fraction of sp³-hybridized carbons (Fsp3) is 0.556. The van der Waals surface area contributed by atoms with E-state index in [0.717, 1.165) is 29.7 Å². The lowest BCUT2D eigenvalue weighted by Gasteiger charge is -2.20. The first-order valence-electron chi connectivity index (χ1n) is 8.39. The van der Waals surface area contributed by atoms with Crippen LogP contribution in [0.1, 0.15) is 45.5 Å². The van der Waals surface area contributed by atoms with Crippen molar-refractivity contribution in [2.45, 2.75) is 45.8 Å². The summed E-state index contributed by atoms with van der Waals surface area (Å²) in [6.45, 7) is 6.84. The van der Waals surface area contributed by atoms with Gasteiger partial charge in [-0.05, 0) is 37.8 Å². The molecule has 1 saturated heterocycles. The second kappa shape index (κ2) is 6.71. The van der Waals surface area contributed by atoms with E-state index in [9.17, 15) is 4.79 Å². The highest BCUT2D eigenvalue weighted by Crippen LogP contribution is 2.24. The molecule has 1 aromatic heterocycles.